The monoisotopic (exact) mass is 877 g/mol. The number of nitrogens with zero attached hydrogens (tertiary/aromatic N) is 9. The number of imide groups is 1. The molecule has 2 bridgehead atoms. The van der Waals surface area contributed by atoms with Crippen LogP contribution in [0.1, 0.15) is 86.3 Å². The van der Waals surface area contributed by atoms with Crippen LogP contribution in [0.25, 0.3) is 16.9 Å². The summed E-state index contributed by atoms with van der Waals surface area (Å²) in [4.78, 5) is 74.7. The maximum atomic E-state index is 13.6. The quantitative estimate of drug-likeness (QED) is 0.154. The van der Waals surface area contributed by atoms with E-state index in [-0.39, 0.29) is 29.7 Å². The predicted molar refractivity (Wildman–Crippen MR) is 246 cm³/mol. The van der Waals surface area contributed by atoms with Crippen molar-refractivity contribution in [1.82, 2.24) is 39.4 Å². The largest absolute Gasteiger partial charge is 0.384 e. The smallest absolute Gasteiger partial charge is 0.278 e. The number of hydrogen-bond acceptors (Lipinski definition) is 12. The van der Waals surface area contributed by atoms with E-state index in [2.05, 4.69) is 48.5 Å². The number of hydrogen-bond donors (Lipinski definition) is 3. The van der Waals surface area contributed by atoms with Crippen molar-refractivity contribution >= 4 is 51.8 Å². The zero-order valence-corrected chi connectivity index (χ0v) is 36.8. The van der Waals surface area contributed by atoms with Crippen LogP contribution in [0, 0.1) is 5.41 Å². The van der Waals surface area contributed by atoms with Gasteiger partial charge in [-0.25, -0.2) is 19.3 Å². The molecule has 16 nitrogen and oxygen atoms in total. The van der Waals surface area contributed by atoms with Gasteiger partial charge in [0.1, 0.15) is 17.0 Å². The van der Waals surface area contributed by atoms with Crippen LogP contribution >= 0.6 is 0 Å². The molecule has 1 spiro atoms. The number of piperidine rings is 1. The van der Waals surface area contributed by atoms with Gasteiger partial charge in [0.2, 0.25) is 17.8 Å². The van der Waals surface area contributed by atoms with Crippen LogP contribution in [0.2, 0.25) is 0 Å². The standard InChI is InChI=1S/C49H55N11O5/c1-48(65)18-3-2-4-22-59-46(64)38-29-50-47(54-43(38)60(59)41-7-5-6-40(48)52-41)51-33-9-12-34(13-10-33)55-24-26-56(27-25-55)35-16-19-49(20-17-35)21-23-57(31-49)36-11-8-32-30-58(45(63)37(32)28-36)39-14-15-42(61)53-44(39)62/h2,4-13,28-29,35,39,65H,3,14-27,30-31H2,1H3,(H,50,51,54)(H,53,61,62)/b4-2-/t35?,39?,48-,49?/m1/s1. The number of rotatable bonds is 6. The van der Waals surface area contributed by atoms with Crippen molar-refractivity contribution in [3.05, 3.63) is 106 Å². The molecular formula is C49H55N11O5. The van der Waals surface area contributed by atoms with Gasteiger partial charge in [-0.15, -0.1) is 0 Å². The highest BCUT2D eigenvalue weighted by Crippen LogP contribution is 2.46. The van der Waals surface area contributed by atoms with Crippen LogP contribution in [-0.4, -0.2) is 108 Å². The van der Waals surface area contributed by atoms with Gasteiger partial charge in [0, 0.05) is 87.1 Å². The van der Waals surface area contributed by atoms with Gasteiger partial charge in [0.05, 0.1) is 12.2 Å². The van der Waals surface area contributed by atoms with Crippen LogP contribution in [-0.2, 0) is 28.3 Å². The number of piperazine rings is 1. The molecule has 4 fully saturated rings. The number of nitrogens with one attached hydrogen (secondary N) is 2. The molecule has 0 radical (unpaired) electrons. The van der Waals surface area contributed by atoms with Gasteiger partial charge in [-0.05, 0) is 118 Å². The van der Waals surface area contributed by atoms with Crippen molar-refractivity contribution < 1.29 is 19.5 Å². The van der Waals surface area contributed by atoms with E-state index in [4.69, 9.17) is 9.97 Å². The SMILES string of the molecule is C[C@@]1(O)CC/C=C\Cn2c(=O)c3cnc(Nc4ccc(N5CCN(C6CCC7(CC6)CCN(c6ccc8c(c6)C(=O)N(C6CCC(=O)NC6=O)C8)C7)CC5)cc4)nc3n2-c2cccc1n2. The van der Waals surface area contributed by atoms with Crippen LogP contribution in [0.15, 0.2) is 83.8 Å². The van der Waals surface area contributed by atoms with E-state index in [0.717, 1.165) is 62.6 Å². The molecule has 2 atom stereocenters. The zero-order chi connectivity index (χ0) is 44.5. The first-order chi connectivity index (χ1) is 31.5. The predicted octanol–water partition coefficient (Wildman–Crippen LogP) is 5.00. The van der Waals surface area contributed by atoms with E-state index in [0.29, 0.717) is 77.9 Å². The van der Waals surface area contributed by atoms with Gasteiger partial charge < -0.3 is 25.1 Å². The van der Waals surface area contributed by atoms with Gasteiger partial charge in [-0.1, -0.05) is 24.3 Å². The number of pyridine rings is 1. The summed E-state index contributed by atoms with van der Waals surface area (Å²) < 4.78 is 3.33. The summed E-state index contributed by atoms with van der Waals surface area (Å²) in [7, 11) is 0. The third kappa shape index (κ3) is 7.65. The molecule has 3 saturated heterocycles. The molecular weight excluding hydrogens is 823 g/mol. The van der Waals surface area contributed by atoms with E-state index in [1.807, 2.05) is 54.6 Å². The van der Waals surface area contributed by atoms with E-state index in [9.17, 15) is 24.3 Å². The Morgan fingerprint density at radius 3 is 2.43 bits per heavy atom. The molecule has 2 aromatic carbocycles. The average molecular weight is 878 g/mol. The summed E-state index contributed by atoms with van der Waals surface area (Å²) in [5.74, 6) is 0.106. The molecule has 8 heterocycles. The van der Waals surface area contributed by atoms with Crippen molar-refractivity contribution in [2.24, 2.45) is 5.41 Å². The number of aliphatic hydroxyl groups is 1. The summed E-state index contributed by atoms with van der Waals surface area (Å²) in [6.07, 6.45) is 13.3. The Morgan fingerprint density at radius 2 is 1.63 bits per heavy atom. The Morgan fingerprint density at radius 1 is 0.831 bits per heavy atom. The van der Waals surface area contributed by atoms with E-state index >= 15 is 0 Å². The van der Waals surface area contributed by atoms with Crippen LogP contribution in [0.5, 0.6) is 0 Å². The zero-order valence-electron chi connectivity index (χ0n) is 36.8. The molecule has 1 unspecified atom stereocenters. The fourth-order valence-electron chi connectivity index (χ4n) is 11.2. The third-order valence-corrected chi connectivity index (χ3v) is 15.1. The molecule has 16 heteroatoms. The molecule has 5 aliphatic heterocycles. The van der Waals surface area contributed by atoms with Gasteiger partial charge in [-0.3, -0.25) is 29.4 Å². The molecule has 1 aliphatic carbocycles. The number of carbonyl (C=O) groups is 3. The topological polar surface area (TPSA) is 174 Å². The first-order valence-corrected chi connectivity index (χ1v) is 23.2. The lowest BCUT2D eigenvalue weighted by Gasteiger charge is -2.45. The Hall–Kier alpha value is -6.39. The van der Waals surface area contributed by atoms with Crippen molar-refractivity contribution in [2.45, 2.75) is 95.5 Å². The fraction of sp³-hybridized carbons (Fsp3) is 0.449. The van der Waals surface area contributed by atoms with Crippen LogP contribution in [0.3, 0.4) is 0 Å². The average Bonchev–Trinajstić information content (AvgIpc) is 3.96. The summed E-state index contributed by atoms with van der Waals surface area (Å²) in [6.45, 7) is 8.49. The maximum Gasteiger partial charge on any atom is 0.278 e. The highest BCUT2D eigenvalue weighted by molar-refractivity contribution is 6.05. The van der Waals surface area contributed by atoms with Gasteiger partial charge in [-0.2, -0.15) is 4.98 Å². The second kappa shape index (κ2) is 16.2. The summed E-state index contributed by atoms with van der Waals surface area (Å²) in [5, 5.41) is 17.3. The Balaban J connectivity index is 0.691. The highest BCUT2D eigenvalue weighted by atomic mass is 16.3. The van der Waals surface area contributed by atoms with Gasteiger partial charge in [0.25, 0.3) is 11.5 Å². The lowest BCUT2D eigenvalue weighted by Crippen LogP contribution is -2.52. The first-order valence-electron chi connectivity index (χ1n) is 23.2. The molecule has 3 amide bonds. The van der Waals surface area contributed by atoms with Crippen molar-refractivity contribution in [2.75, 3.05) is 54.4 Å². The minimum atomic E-state index is -1.12. The minimum Gasteiger partial charge on any atom is -0.384 e. The van der Waals surface area contributed by atoms with E-state index in [1.54, 1.807) is 27.4 Å². The molecule has 6 aliphatic rings. The number of carbonyl (C=O) groups excluding carboxylic acids is 3. The van der Waals surface area contributed by atoms with Crippen molar-refractivity contribution in [1.29, 1.82) is 0 Å². The van der Waals surface area contributed by atoms with Gasteiger partial charge in [0.15, 0.2) is 11.5 Å². The molecule has 5 aromatic rings. The summed E-state index contributed by atoms with van der Waals surface area (Å²) in [5.41, 5.74) is 4.68. The number of fused-ring (bicyclic) bond motifs is 7. The van der Waals surface area contributed by atoms with Crippen molar-refractivity contribution in [3.63, 3.8) is 0 Å². The Kier molecular flexibility index (Phi) is 10.3. The minimum absolute atomic E-state index is 0.117. The number of benzene rings is 2. The number of amides is 3. The van der Waals surface area contributed by atoms with Gasteiger partial charge >= 0.3 is 0 Å². The second-order valence-electron chi connectivity index (χ2n) is 19.1. The van der Waals surface area contributed by atoms with Crippen LogP contribution < -0.4 is 26.0 Å². The summed E-state index contributed by atoms with van der Waals surface area (Å²) in [6, 6.07) is 20.1. The molecule has 65 heavy (non-hydrogen) atoms. The Labute approximate surface area is 376 Å². The molecule has 1 saturated carbocycles. The summed E-state index contributed by atoms with van der Waals surface area (Å²) >= 11 is 0. The first kappa shape index (κ1) is 41.3. The Bertz CT molecular complexity index is 2780. The normalized spacial score (nSPS) is 26.6. The number of aromatic nitrogens is 5. The van der Waals surface area contributed by atoms with Crippen molar-refractivity contribution in [3.8, 4) is 5.82 Å². The molecule has 3 N–H and O–H groups in total. The molecule has 336 valence electrons. The molecule has 3 aromatic heterocycles. The number of allylic oxidation sites excluding steroid dienone is 2. The fourth-order valence-corrected chi connectivity index (χ4v) is 11.2. The highest BCUT2D eigenvalue weighted by Gasteiger charge is 2.44. The lowest BCUT2D eigenvalue weighted by atomic mass is 9.71. The van der Waals surface area contributed by atoms with E-state index in [1.165, 1.54) is 31.4 Å². The second-order valence-corrected chi connectivity index (χ2v) is 19.1. The molecule has 11 rings (SSSR count). The van der Waals surface area contributed by atoms with Crippen LogP contribution in [0.4, 0.5) is 23.0 Å². The third-order valence-electron chi connectivity index (χ3n) is 15.1. The number of anilines is 4. The van der Waals surface area contributed by atoms with E-state index < -0.39 is 11.6 Å². The lowest BCUT2D eigenvalue weighted by molar-refractivity contribution is -0.136. The maximum absolute atomic E-state index is 13.6.